The first kappa shape index (κ1) is 16.2. The van der Waals surface area contributed by atoms with E-state index >= 15 is 0 Å². The van der Waals surface area contributed by atoms with Gasteiger partial charge in [0.2, 0.25) is 0 Å². The molecule has 22 heavy (non-hydrogen) atoms. The van der Waals surface area contributed by atoms with E-state index in [9.17, 15) is 0 Å². The van der Waals surface area contributed by atoms with E-state index in [1.807, 2.05) is 55.5 Å². The Kier molecular flexibility index (Phi) is 5.73. The Morgan fingerprint density at radius 1 is 1.00 bits per heavy atom. The van der Waals surface area contributed by atoms with Crippen LogP contribution in [0.5, 0.6) is 17.2 Å². The van der Waals surface area contributed by atoms with Crippen LogP contribution in [-0.4, -0.2) is 20.8 Å². The predicted molar refractivity (Wildman–Crippen MR) is 90.9 cm³/mol. The summed E-state index contributed by atoms with van der Waals surface area (Å²) in [5.74, 6) is 2.18. The fourth-order valence-corrected chi connectivity index (χ4v) is 2.28. The maximum atomic E-state index is 6.40. The largest absolute Gasteiger partial charge is 0.494 e. The van der Waals surface area contributed by atoms with Crippen LogP contribution in [0.15, 0.2) is 42.5 Å². The van der Waals surface area contributed by atoms with E-state index in [0.717, 1.165) is 16.9 Å². The van der Waals surface area contributed by atoms with Gasteiger partial charge in [0.05, 0.1) is 20.8 Å². The third-order valence-corrected chi connectivity index (χ3v) is 3.47. The highest BCUT2D eigenvalue weighted by Gasteiger charge is 2.07. The molecule has 0 saturated heterocycles. The van der Waals surface area contributed by atoms with Crippen LogP contribution in [0, 0.1) is 0 Å². The van der Waals surface area contributed by atoms with Gasteiger partial charge in [0.1, 0.15) is 5.75 Å². The summed E-state index contributed by atoms with van der Waals surface area (Å²) >= 11 is 6.40. The fraction of sp³-hybridized carbons (Fsp3) is 0.222. The highest BCUT2D eigenvalue weighted by atomic mass is 35.5. The molecule has 0 bridgehead atoms. The van der Waals surface area contributed by atoms with Gasteiger partial charge < -0.3 is 14.2 Å². The second-order valence-corrected chi connectivity index (χ2v) is 4.97. The Labute approximate surface area is 136 Å². The monoisotopic (exact) mass is 318 g/mol. The van der Waals surface area contributed by atoms with Gasteiger partial charge in [-0.15, -0.1) is 0 Å². The van der Waals surface area contributed by atoms with Gasteiger partial charge >= 0.3 is 0 Å². The zero-order valence-corrected chi connectivity index (χ0v) is 13.7. The zero-order chi connectivity index (χ0) is 15.9. The summed E-state index contributed by atoms with van der Waals surface area (Å²) in [6.45, 7) is 2.61. The van der Waals surface area contributed by atoms with Crippen molar-refractivity contribution in [3.05, 3.63) is 53.6 Å². The summed E-state index contributed by atoms with van der Waals surface area (Å²) in [6.07, 6.45) is 1.90. The second kappa shape index (κ2) is 7.76. The average Bonchev–Trinajstić information content (AvgIpc) is 2.56. The van der Waals surface area contributed by atoms with Crippen molar-refractivity contribution in [2.45, 2.75) is 6.92 Å². The fourth-order valence-electron chi connectivity index (χ4n) is 2.04. The van der Waals surface area contributed by atoms with Gasteiger partial charge in [-0.3, -0.25) is 0 Å². The molecule has 0 radical (unpaired) electrons. The van der Waals surface area contributed by atoms with Crippen LogP contribution in [0.25, 0.3) is 11.1 Å². The first-order valence-corrected chi connectivity index (χ1v) is 7.38. The van der Waals surface area contributed by atoms with Crippen molar-refractivity contribution in [1.29, 1.82) is 0 Å². The van der Waals surface area contributed by atoms with Gasteiger partial charge in [0, 0.05) is 5.03 Å². The van der Waals surface area contributed by atoms with Crippen LogP contribution < -0.4 is 14.2 Å². The third-order valence-electron chi connectivity index (χ3n) is 3.14. The van der Waals surface area contributed by atoms with Gasteiger partial charge in [-0.25, -0.2) is 0 Å². The average molecular weight is 319 g/mol. The standard InChI is InChI=1S/C18H19ClO3/c1-4-22-15-8-5-13(6-9-15)11-16(19)14-7-10-17(20-2)18(12-14)21-3/h5-12H,4H2,1-3H3/b16-11-. The molecule has 0 atom stereocenters. The minimum atomic E-state index is 0.630. The number of methoxy groups -OCH3 is 2. The number of benzene rings is 2. The molecular formula is C18H19ClO3. The molecule has 0 fully saturated rings. The molecule has 0 saturated carbocycles. The molecule has 0 heterocycles. The maximum absolute atomic E-state index is 6.40. The Hall–Kier alpha value is -2.13. The van der Waals surface area contributed by atoms with E-state index in [0.29, 0.717) is 23.1 Å². The molecule has 0 N–H and O–H groups in total. The van der Waals surface area contributed by atoms with Crippen molar-refractivity contribution in [2.24, 2.45) is 0 Å². The molecule has 0 aromatic heterocycles. The van der Waals surface area contributed by atoms with Crippen LogP contribution in [0.2, 0.25) is 0 Å². The SMILES string of the molecule is CCOc1ccc(/C=C(\Cl)c2ccc(OC)c(OC)c2)cc1. The summed E-state index contributed by atoms with van der Waals surface area (Å²) in [7, 11) is 3.21. The molecule has 3 nitrogen and oxygen atoms in total. The molecule has 4 heteroatoms. The van der Waals surface area contributed by atoms with E-state index in [4.69, 9.17) is 25.8 Å². The molecule has 2 aromatic rings. The highest BCUT2D eigenvalue weighted by molar-refractivity contribution is 6.51. The van der Waals surface area contributed by atoms with E-state index in [-0.39, 0.29) is 0 Å². The number of ether oxygens (including phenoxy) is 3. The summed E-state index contributed by atoms with van der Waals surface area (Å²) in [4.78, 5) is 0. The van der Waals surface area contributed by atoms with Gasteiger partial charge in [-0.2, -0.15) is 0 Å². The Morgan fingerprint density at radius 2 is 1.68 bits per heavy atom. The van der Waals surface area contributed by atoms with Gasteiger partial charge in [0.25, 0.3) is 0 Å². The summed E-state index contributed by atoms with van der Waals surface area (Å²) in [5, 5.41) is 0.630. The summed E-state index contributed by atoms with van der Waals surface area (Å²) in [6, 6.07) is 13.4. The van der Waals surface area contributed by atoms with Crippen LogP contribution in [-0.2, 0) is 0 Å². The normalized spacial score (nSPS) is 11.2. The quantitative estimate of drug-likeness (QED) is 0.713. The molecule has 116 valence electrons. The first-order chi connectivity index (χ1) is 10.7. The lowest BCUT2D eigenvalue weighted by Gasteiger charge is -2.09. The molecule has 0 aliphatic carbocycles. The lowest BCUT2D eigenvalue weighted by Crippen LogP contribution is -1.91. The number of rotatable bonds is 6. The van der Waals surface area contributed by atoms with E-state index in [2.05, 4.69) is 0 Å². The lowest BCUT2D eigenvalue weighted by atomic mass is 10.1. The molecule has 0 unspecified atom stereocenters. The maximum Gasteiger partial charge on any atom is 0.161 e. The number of halogens is 1. The van der Waals surface area contributed by atoms with Gasteiger partial charge in [-0.1, -0.05) is 23.7 Å². The zero-order valence-electron chi connectivity index (χ0n) is 12.9. The van der Waals surface area contributed by atoms with Gasteiger partial charge in [-0.05, 0) is 54.5 Å². The highest BCUT2D eigenvalue weighted by Crippen LogP contribution is 2.32. The topological polar surface area (TPSA) is 27.7 Å². The van der Waals surface area contributed by atoms with Crippen molar-refractivity contribution < 1.29 is 14.2 Å². The second-order valence-electron chi connectivity index (χ2n) is 4.56. The van der Waals surface area contributed by atoms with E-state index < -0.39 is 0 Å². The molecule has 0 aliphatic rings. The van der Waals surface area contributed by atoms with Crippen molar-refractivity contribution >= 4 is 22.7 Å². The Morgan fingerprint density at radius 3 is 2.27 bits per heavy atom. The number of hydrogen-bond acceptors (Lipinski definition) is 3. The van der Waals surface area contributed by atoms with Crippen LogP contribution in [0.3, 0.4) is 0 Å². The van der Waals surface area contributed by atoms with E-state index in [1.54, 1.807) is 14.2 Å². The number of hydrogen-bond donors (Lipinski definition) is 0. The van der Waals surface area contributed by atoms with Crippen LogP contribution >= 0.6 is 11.6 Å². The Balaban J connectivity index is 2.24. The lowest BCUT2D eigenvalue weighted by molar-refractivity contribution is 0.340. The predicted octanol–water partition coefficient (Wildman–Crippen LogP) is 4.84. The first-order valence-electron chi connectivity index (χ1n) is 7.00. The molecule has 2 aromatic carbocycles. The minimum absolute atomic E-state index is 0.630. The van der Waals surface area contributed by atoms with Crippen molar-refractivity contribution in [3.8, 4) is 17.2 Å². The van der Waals surface area contributed by atoms with Crippen molar-refractivity contribution in [2.75, 3.05) is 20.8 Å². The molecule has 0 spiro atoms. The summed E-state index contributed by atoms with van der Waals surface area (Å²) < 4.78 is 15.9. The molecule has 2 rings (SSSR count). The van der Waals surface area contributed by atoms with Crippen LogP contribution in [0.4, 0.5) is 0 Å². The van der Waals surface area contributed by atoms with Gasteiger partial charge in [0.15, 0.2) is 11.5 Å². The Bertz CT molecular complexity index is 648. The molecule has 0 amide bonds. The summed E-state index contributed by atoms with van der Waals surface area (Å²) in [5.41, 5.74) is 1.87. The smallest absolute Gasteiger partial charge is 0.161 e. The van der Waals surface area contributed by atoms with Crippen molar-refractivity contribution in [3.63, 3.8) is 0 Å². The molecular weight excluding hydrogens is 300 g/mol. The molecule has 0 aliphatic heterocycles. The van der Waals surface area contributed by atoms with E-state index in [1.165, 1.54) is 0 Å². The third kappa shape index (κ3) is 3.95. The van der Waals surface area contributed by atoms with Crippen molar-refractivity contribution in [1.82, 2.24) is 0 Å². The van der Waals surface area contributed by atoms with Crippen LogP contribution in [0.1, 0.15) is 18.1 Å². The minimum Gasteiger partial charge on any atom is -0.494 e.